The average molecular weight is 141 g/mol. The zero-order valence-electron chi connectivity index (χ0n) is 5.39. The van der Waals surface area contributed by atoms with Gasteiger partial charge in [0.15, 0.2) is 0 Å². The van der Waals surface area contributed by atoms with E-state index < -0.39 is 0 Å². The van der Waals surface area contributed by atoms with Crippen molar-refractivity contribution in [3.63, 3.8) is 0 Å². The summed E-state index contributed by atoms with van der Waals surface area (Å²) in [5.41, 5.74) is 1.25. The van der Waals surface area contributed by atoms with Crippen LogP contribution in [0.5, 0.6) is 0 Å². The lowest BCUT2D eigenvalue weighted by Crippen LogP contribution is -1.91. The Morgan fingerprint density at radius 1 is 1.78 bits per heavy atom. The number of methoxy groups -OCH3 is 1. The predicted octanol–water partition coefficient (Wildman–Crippen LogP) is 1.74. The minimum Gasteiger partial charge on any atom is -0.384 e. The Kier molecular flexibility index (Phi) is 2.74. The van der Waals surface area contributed by atoms with E-state index in [2.05, 4.69) is 11.4 Å². The third-order valence-corrected chi connectivity index (χ3v) is 1.76. The molecule has 0 spiro atoms. The van der Waals surface area contributed by atoms with E-state index in [1.165, 1.54) is 5.56 Å². The molecule has 9 heavy (non-hydrogen) atoms. The minimum absolute atomic E-state index is 0.799. The Morgan fingerprint density at radius 3 is 3.22 bits per heavy atom. The lowest BCUT2D eigenvalue weighted by atomic mass is 10.3. The van der Waals surface area contributed by atoms with Crippen LogP contribution in [0.25, 0.3) is 0 Å². The maximum Gasteiger partial charge on any atom is 0.0503 e. The summed E-state index contributed by atoms with van der Waals surface area (Å²) in [5, 5.41) is 5.17. The van der Waals surface area contributed by atoms with E-state index in [0.717, 1.165) is 13.0 Å². The fourth-order valence-corrected chi connectivity index (χ4v) is 1.23. The second-order valence-corrected chi connectivity index (χ2v) is 2.50. The zero-order chi connectivity index (χ0) is 6.53. The van der Waals surface area contributed by atoms with Crippen molar-refractivity contribution in [3.8, 4) is 0 Å². The number of hydrogen-bond acceptors (Lipinski definition) is 2. The Bertz CT molecular complexity index is 146. The van der Waals surface area contributed by atoms with Crippen LogP contribution in [0.3, 0.4) is 0 Å². The largest absolute Gasteiger partial charge is 0.384 e. The molecule has 0 aliphatic rings. The van der Waals surface area contributed by atoms with E-state index in [0.29, 0.717) is 0 Å². The minimum atomic E-state index is 0.799. The molecule has 0 aliphatic heterocycles. The molecule has 0 unspecified atom stereocenters. The van der Waals surface area contributed by atoms with Gasteiger partial charge < -0.3 is 4.74 Å². The van der Waals surface area contributed by atoms with Crippen LogP contribution in [0, 0.1) is 5.38 Å². The van der Waals surface area contributed by atoms with E-state index in [9.17, 15) is 0 Å². The molecular formula is C7H9OS. The Labute approximate surface area is 59.3 Å². The van der Waals surface area contributed by atoms with Crippen LogP contribution in [-0.2, 0) is 11.2 Å². The number of thiophene rings is 1. The molecule has 0 saturated heterocycles. The summed E-state index contributed by atoms with van der Waals surface area (Å²) in [6, 6.07) is 2.07. The molecule has 0 atom stereocenters. The fraction of sp³-hybridized carbons (Fsp3) is 0.429. The van der Waals surface area contributed by atoms with E-state index >= 15 is 0 Å². The van der Waals surface area contributed by atoms with Gasteiger partial charge in [0.1, 0.15) is 0 Å². The second kappa shape index (κ2) is 3.64. The molecule has 0 amide bonds. The van der Waals surface area contributed by atoms with Crippen molar-refractivity contribution in [2.75, 3.05) is 13.7 Å². The zero-order valence-corrected chi connectivity index (χ0v) is 6.20. The van der Waals surface area contributed by atoms with Crippen molar-refractivity contribution in [1.82, 2.24) is 0 Å². The normalized spacial score (nSPS) is 9.89. The van der Waals surface area contributed by atoms with Gasteiger partial charge in [0, 0.05) is 12.5 Å². The van der Waals surface area contributed by atoms with Gasteiger partial charge in [0.2, 0.25) is 0 Å². The van der Waals surface area contributed by atoms with Gasteiger partial charge in [0.25, 0.3) is 0 Å². The van der Waals surface area contributed by atoms with Gasteiger partial charge in [-0.05, 0) is 23.4 Å². The average Bonchev–Trinajstić information content (AvgIpc) is 2.34. The van der Waals surface area contributed by atoms with Crippen LogP contribution >= 0.6 is 11.3 Å². The highest BCUT2D eigenvalue weighted by molar-refractivity contribution is 7.07. The van der Waals surface area contributed by atoms with Crippen LogP contribution in [0.15, 0.2) is 11.4 Å². The maximum atomic E-state index is 4.90. The van der Waals surface area contributed by atoms with E-state index in [1.807, 2.05) is 5.38 Å². The molecule has 1 radical (unpaired) electrons. The molecule has 1 nitrogen and oxygen atoms in total. The molecule has 49 valence electrons. The molecule has 0 fully saturated rings. The summed E-state index contributed by atoms with van der Waals surface area (Å²) in [5.74, 6) is 0. The second-order valence-electron chi connectivity index (χ2n) is 1.79. The van der Waals surface area contributed by atoms with Crippen molar-refractivity contribution in [1.29, 1.82) is 0 Å². The highest BCUT2D eigenvalue weighted by atomic mass is 32.1. The first-order chi connectivity index (χ1) is 4.43. The maximum absolute atomic E-state index is 4.90. The number of rotatable bonds is 3. The first kappa shape index (κ1) is 6.78. The quantitative estimate of drug-likeness (QED) is 0.623. The third kappa shape index (κ3) is 2.16. The van der Waals surface area contributed by atoms with Crippen LogP contribution in [-0.4, -0.2) is 13.7 Å². The highest BCUT2D eigenvalue weighted by Gasteiger charge is 1.90. The van der Waals surface area contributed by atoms with Crippen molar-refractivity contribution in [2.24, 2.45) is 0 Å². The lowest BCUT2D eigenvalue weighted by molar-refractivity contribution is 0.202. The van der Waals surface area contributed by atoms with E-state index in [-0.39, 0.29) is 0 Å². The number of hydrogen-bond donors (Lipinski definition) is 0. The molecule has 2 heteroatoms. The topological polar surface area (TPSA) is 9.23 Å². The molecule has 0 aliphatic carbocycles. The Hall–Kier alpha value is -0.340. The van der Waals surface area contributed by atoms with Crippen molar-refractivity contribution in [2.45, 2.75) is 6.42 Å². The lowest BCUT2D eigenvalue weighted by Gasteiger charge is -1.92. The van der Waals surface area contributed by atoms with Crippen LogP contribution in [0.4, 0.5) is 0 Å². The fourth-order valence-electron chi connectivity index (χ4n) is 0.606. The van der Waals surface area contributed by atoms with Gasteiger partial charge in [-0.1, -0.05) is 0 Å². The Balaban J connectivity index is 2.30. The SMILES string of the molecule is COCCc1[c]scc1. The standard InChI is InChI=1S/C7H9OS/c1-8-4-2-7-3-5-9-6-7/h3,5H,2,4H2,1H3. The molecule has 0 N–H and O–H groups in total. The molecule has 0 bridgehead atoms. The number of ether oxygens (including phenoxy) is 1. The smallest absolute Gasteiger partial charge is 0.0503 e. The third-order valence-electron chi connectivity index (χ3n) is 1.10. The van der Waals surface area contributed by atoms with Gasteiger partial charge in [-0.25, -0.2) is 0 Å². The molecule has 0 saturated carbocycles. The molecule has 1 rings (SSSR count). The van der Waals surface area contributed by atoms with Crippen LogP contribution in [0.2, 0.25) is 0 Å². The molecule has 1 aromatic rings. The van der Waals surface area contributed by atoms with Crippen molar-refractivity contribution >= 4 is 11.3 Å². The van der Waals surface area contributed by atoms with Gasteiger partial charge in [-0.2, -0.15) is 0 Å². The Morgan fingerprint density at radius 2 is 2.67 bits per heavy atom. The molecule has 1 aromatic heterocycles. The summed E-state index contributed by atoms with van der Waals surface area (Å²) >= 11 is 1.61. The molecule has 1 heterocycles. The molecular weight excluding hydrogens is 132 g/mol. The summed E-state index contributed by atoms with van der Waals surface area (Å²) < 4.78 is 4.90. The summed E-state index contributed by atoms with van der Waals surface area (Å²) in [4.78, 5) is 0. The van der Waals surface area contributed by atoms with Gasteiger partial charge >= 0.3 is 0 Å². The van der Waals surface area contributed by atoms with Crippen LogP contribution < -0.4 is 0 Å². The highest BCUT2D eigenvalue weighted by Crippen LogP contribution is 2.04. The van der Waals surface area contributed by atoms with Crippen molar-refractivity contribution in [3.05, 3.63) is 22.4 Å². The summed E-state index contributed by atoms with van der Waals surface area (Å²) in [6.07, 6.45) is 0.986. The van der Waals surface area contributed by atoms with Gasteiger partial charge in [-0.3, -0.25) is 0 Å². The first-order valence-electron chi connectivity index (χ1n) is 2.86. The monoisotopic (exact) mass is 141 g/mol. The summed E-state index contributed by atoms with van der Waals surface area (Å²) in [7, 11) is 1.71. The van der Waals surface area contributed by atoms with Crippen LogP contribution in [0.1, 0.15) is 5.56 Å². The molecule has 0 aromatic carbocycles. The summed E-state index contributed by atoms with van der Waals surface area (Å²) in [6.45, 7) is 0.799. The van der Waals surface area contributed by atoms with E-state index in [1.54, 1.807) is 18.4 Å². The van der Waals surface area contributed by atoms with Gasteiger partial charge in [-0.15, -0.1) is 11.3 Å². The van der Waals surface area contributed by atoms with Crippen molar-refractivity contribution < 1.29 is 4.74 Å². The predicted molar refractivity (Wildman–Crippen MR) is 38.7 cm³/mol. The first-order valence-corrected chi connectivity index (χ1v) is 3.74. The van der Waals surface area contributed by atoms with E-state index in [4.69, 9.17) is 4.74 Å². The van der Waals surface area contributed by atoms with Gasteiger partial charge in [0.05, 0.1) is 6.61 Å².